The van der Waals surface area contributed by atoms with E-state index in [2.05, 4.69) is 20.3 Å². The van der Waals surface area contributed by atoms with Crippen molar-refractivity contribution in [3.63, 3.8) is 0 Å². The lowest BCUT2D eigenvalue weighted by atomic mass is 10.2. The van der Waals surface area contributed by atoms with E-state index in [1.807, 2.05) is 18.2 Å². The maximum Gasteiger partial charge on any atom is 0.223 e. The van der Waals surface area contributed by atoms with Crippen LogP contribution in [-0.4, -0.2) is 66.3 Å². The zero-order chi connectivity index (χ0) is 17.0. The minimum absolute atomic E-state index is 0.237. The first-order valence-electron chi connectivity index (χ1n) is 7.56. The molecule has 0 bridgehead atoms. The minimum atomic E-state index is -3.20. The third kappa shape index (κ3) is 4.25. The van der Waals surface area contributed by atoms with Gasteiger partial charge in [0.25, 0.3) is 0 Å². The van der Waals surface area contributed by atoms with E-state index in [-0.39, 0.29) is 6.10 Å². The summed E-state index contributed by atoms with van der Waals surface area (Å²) < 4.78 is 30.3. The quantitative estimate of drug-likeness (QED) is 0.844. The highest BCUT2D eigenvalue weighted by atomic mass is 32.2. The first-order valence-corrected chi connectivity index (χ1v) is 9.41. The van der Waals surface area contributed by atoms with Crippen molar-refractivity contribution in [2.75, 3.05) is 37.8 Å². The molecule has 1 atom stereocenters. The molecule has 1 saturated heterocycles. The number of morpholine rings is 1. The Hall–Kier alpha value is -2.10. The summed E-state index contributed by atoms with van der Waals surface area (Å²) >= 11 is 0. The van der Waals surface area contributed by atoms with Crippen LogP contribution in [0.3, 0.4) is 0 Å². The lowest BCUT2D eigenvalue weighted by molar-refractivity contribution is 0.00696. The summed E-state index contributed by atoms with van der Waals surface area (Å²) in [5.74, 6) is 0.469. The lowest BCUT2D eigenvalue weighted by Crippen LogP contribution is -2.47. The highest BCUT2D eigenvalue weighted by Gasteiger charge is 2.26. The smallest absolute Gasteiger partial charge is 0.223 e. The third-order valence-electron chi connectivity index (χ3n) is 3.67. The molecular weight excluding hydrogens is 330 g/mol. The molecule has 24 heavy (non-hydrogen) atoms. The number of hydrogen-bond acceptors (Lipinski definition) is 7. The van der Waals surface area contributed by atoms with Gasteiger partial charge in [-0.15, -0.1) is 0 Å². The summed E-state index contributed by atoms with van der Waals surface area (Å²) in [6.07, 6.45) is 6.09. The number of nitrogens with zero attached hydrogens (tertiary/aromatic N) is 4. The summed E-state index contributed by atoms with van der Waals surface area (Å²) in [5.41, 5.74) is 1.67. The van der Waals surface area contributed by atoms with Gasteiger partial charge in [0.1, 0.15) is 0 Å². The Labute approximate surface area is 141 Å². The highest BCUT2D eigenvalue weighted by molar-refractivity contribution is 7.88. The number of pyridine rings is 1. The van der Waals surface area contributed by atoms with Crippen LogP contribution in [-0.2, 0) is 14.8 Å². The van der Waals surface area contributed by atoms with Gasteiger partial charge in [-0.1, -0.05) is 0 Å². The molecule has 8 nitrogen and oxygen atoms in total. The van der Waals surface area contributed by atoms with Crippen molar-refractivity contribution >= 4 is 16.0 Å². The first-order chi connectivity index (χ1) is 11.5. The molecule has 9 heteroatoms. The Balaban J connectivity index is 1.63. The normalized spacial score (nSPS) is 19.1. The first kappa shape index (κ1) is 16.7. The Bertz CT molecular complexity index is 785. The molecular formula is C15H19N5O3S. The number of rotatable bonds is 5. The van der Waals surface area contributed by atoms with Crippen molar-refractivity contribution < 1.29 is 13.2 Å². The number of nitrogens with one attached hydrogen (secondary N) is 1. The molecule has 1 N–H and O–H groups in total. The molecule has 3 rings (SSSR count). The fourth-order valence-electron chi connectivity index (χ4n) is 2.44. The summed E-state index contributed by atoms with van der Waals surface area (Å²) in [5, 5.41) is 3.11. The predicted molar refractivity (Wildman–Crippen MR) is 89.9 cm³/mol. The maximum absolute atomic E-state index is 11.6. The van der Waals surface area contributed by atoms with E-state index in [9.17, 15) is 8.42 Å². The van der Waals surface area contributed by atoms with Crippen molar-refractivity contribution in [3.05, 3.63) is 36.8 Å². The monoisotopic (exact) mass is 349 g/mol. The van der Waals surface area contributed by atoms with Crippen molar-refractivity contribution in [2.24, 2.45) is 0 Å². The van der Waals surface area contributed by atoms with Gasteiger partial charge in [0.15, 0.2) is 0 Å². The van der Waals surface area contributed by atoms with Crippen LogP contribution in [0.5, 0.6) is 0 Å². The van der Waals surface area contributed by atoms with Gasteiger partial charge < -0.3 is 10.1 Å². The van der Waals surface area contributed by atoms with Crippen LogP contribution in [0.2, 0.25) is 0 Å². The Morgan fingerprint density at radius 1 is 1.38 bits per heavy atom. The molecule has 0 aliphatic carbocycles. The summed E-state index contributed by atoms with van der Waals surface area (Å²) in [6.45, 7) is 1.54. The van der Waals surface area contributed by atoms with E-state index in [1.165, 1.54) is 10.6 Å². The summed E-state index contributed by atoms with van der Waals surface area (Å²) in [4.78, 5) is 12.7. The molecule has 1 fully saturated rings. The fourth-order valence-corrected chi connectivity index (χ4v) is 3.28. The van der Waals surface area contributed by atoms with Gasteiger partial charge in [-0.05, 0) is 18.2 Å². The minimum Gasteiger partial charge on any atom is -0.374 e. The molecule has 3 heterocycles. The van der Waals surface area contributed by atoms with Crippen molar-refractivity contribution in [2.45, 2.75) is 6.10 Å². The molecule has 0 saturated carbocycles. The van der Waals surface area contributed by atoms with E-state index in [4.69, 9.17) is 4.74 Å². The zero-order valence-electron chi connectivity index (χ0n) is 13.3. The molecule has 1 unspecified atom stereocenters. The van der Waals surface area contributed by atoms with E-state index in [0.29, 0.717) is 32.2 Å². The van der Waals surface area contributed by atoms with Crippen LogP contribution < -0.4 is 5.32 Å². The van der Waals surface area contributed by atoms with Crippen LogP contribution in [0.4, 0.5) is 5.95 Å². The predicted octanol–water partition coefficient (Wildman–Crippen LogP) is 0.611. The van der Waals surface area contributed by atoms with Gasteiger partial charge in [-0.25, -0.2) is 18.4 Å². The standard InChI is InChI=1S/C15H19N5O3S/c1-24(21,22)20-7-8-23-13(11-20)10-18-15-17-6-4-14(19-15)12-3-2-5-16-9-12/h2-6,9,13H,7-8,10-11H2,1H3,(H,17,18,19). The van der Waals surface area contributed by atoms with Crippen molar-refractivity contribution in [3.8, 4) is 11.3 Å². The van der Waals surface area contributed by atoms with Gasteiger partial charge in [0, 0.05) is 43.8 Å². The zero-order valence-corrected chi connectivity index (χ0v) is 14.1. The molecule has 1 aliphatic heterocycles. The number of sulfonamides is 1. The SMILES string of the molecule is CS(=O)(=O)N1CCOC(CNc2nccc(-c3cccnc3)n2)C1. The average Bonchev–Trinajstić information content (AvgIpc) is 2.61. The van der Waals surface area contributed by atoms with E-state index in [1.54, 1.807) is 18.6 Å². The largest absolute Gasteiger partial charge is 0.374 e. The van der Waals surface area contributed by atoms with Crippen LogP contribution >= 0.6 is 0 Å². The summed E-state index contributed by atoms with van der Waals surface area (Å²) in [6, 6.07) is 5.58. The van der Waals surface area contributed by atoms with Crippen LogP contribution in [0, 0.1) is 0 Å². The fraction of sp³-hybridized carbons (Fsp3) is 0.400. The van der Waals surface area contributed by atoms with Crippen molar-refractivity contribution in [1.29, 1.82) is 0 Å². The van der Waals surface area contributed by atoms with Crippen molar-refractivity contribution in [1.82, 2.24) is 19.3 Å². The average molecular weight is 349 g/mol. The second-order valence-corrected chi connectivity index (χ2v) is 7.48. The highest BCUT2D eigenvalue weighted by Crippen LogP contribution is 2.16. The molecule has 0 spiro atoms. The maximum atomic E-state index is 11.6. The van der Waals surface area contributed by atoms with Gasteiger partial charge in [-0.2, -0.15) is 4.31 Å². The van der Waals surface area contributed by atoms with E-state index in [0.717, 1.165) is 11.3 Å². The summed E-state index contributed by atoms with van der Waals surface area (Å²) in [7, 11) is -3.20. The molecule has 0 radical (unpaired) electrons. The van der Waals surface area contributed by atoms with E-state index >= 15 is 0 Å². The Morgan fingerprint density at radius 2 is 2.25 bits per heavy atom. The molecule has 128 valence electrons. The van der Waals surface area contributed by atoms with Gasteiger partial charge >= 0.3 is 0 Å². The number of anilines is 1. The second-order valence-electron chi connectivity index (χ2n) is 5.50. The van der Waals surface area contributed by atoms with Gasteiger partial charge in [0.2, 0.25) is 16.0 Å². The molecule has 1 aliphatic rings. The number of aromatic nitrogens is 3. The van der Waals surface area contributed by atoms with Gasteiger partial charge in [-0.3, -0.25) is 4.98 Å². The Kier molecular flexibility index (Phi) is 5.03. The second kappa shape index (κ2) is 7.20. The molecule has 0 amide bonds. The number of hydrogen-bond donors (Lipinski definition) is 1. The topological polar surface area (TPSA) is 97.3 Å². The third-order valence-corrected chi connectivity index (χ3v) is 4.94. The number of ether oxygens (including phenoxy) is 1. The van der Waals surface area contributed by atoms with Crippen LogP contribution in [0.25, 0.3) is 11.3 Å². The Morgan fingerprint density at radius 3 is 3.00 bits per heavy atom. The van der Waals surface area contributed by atoms with Crippen LogP contribution in [0.1, 0.15) is 0 Å². The van der Waals surface area contributed by atoms with E-state index < -0.39 is 10.0 Å². The molecule has 2 aromatic rings. The lowest BCUT2D eigenvalue weighted by Gasteiger charge is -2.31. The molecule has 0 aromatic carbocycles. The molecule has 2 aromatic heterocycles. The van der Waals surface area contributed by atoms with Gasteiger partial charge in [0.05, 0.1) is 24.7 Å². The van der Waals surface area contributed by atoms with Crippen LogP contribution in [0.15, 0.2) is 36.8 Å².